The van der Waals surface area contributed by atoms with E-state index in [2.05, 4.69) is 26.1 Å². The van der Waals surface area contributed by atoms with E-state index in [9.17, 15) is 0 Å². The summed E-state index contributed by atoms with van der Waals surface area (Å²) in [6, 6.07) is 0. The molecule has 1 spiro atoms. The zero-order valence-corrected chi connectivity index (χ0v) is 14.4. The summed E-state index contributed by atoms with van der Waals surface area (Å²) >= 11 is 0. The van der Waals surface area contributed by atoms with Crippen molar-refractivity contribution < 1.29 is 4.74 Å². The molecule has 3 aliphatic rings. The molecule has 3 rings (SSSR count). The van der Waals surface area contributed by atoms with Crippen LogP contribution in [-0.4, -0.2) is 25.3 Å². The number of hydrogen-bond donors (Lipinski definition) is 1. The van der Waals surface area contributed by atoms with Crippen molar-refractivity contribution in [2.45, 2.75) is 77.7 Å². The summed E-state index contributed by atoms with van der Waals surface area (Å²) < 4.78 is 6.18. The second-order valence-electron chi connectivity index (χ2n) is 8.78. The van der Waals surface area contributed by atoms with E-state index in [1.165, 1.54) is 57.9 Å². The van der Waals surface area contributed by atoms with E-state index >= 15 is 0 Å². The van der Waals surface area contributed by atoms with Crippen LogP contribution in [0.25, 0.3) is 0 Å². The molecule has 2 nitrogen and oxygen atoms in total. The molecule has 1 saturated heterocycles. The van der Waals surface area contributed by atoms with Crippen LogP contribution in [0.1, 0.15) is 72.1 Å². The lowest BCUT2D eigenvalue weighted by Crippen LogP contribution is -2.49. The molecule has 3 atom stereocenters. The minimum absolute atomic E-state index is 0.313. The summed E-state index contributed by atoms with van der Waals surface area (Å²) in [4.78, 5) is 0. The standard InChI is InChI=1S/C19H35NO/c1-4-20-14-16-6-10-18(2,3)13-17(16)15-7-11-21-19(12-15)8-5-9-19/h15-17,20H,4-14H2,1-3H3. The fraction of sp³-hybridized carbons (Fsp3) is 1.00. The van der Waals surface area contributed by atoms with Gasteiger partial charge >= 0.3 is 0 Å². The Hall–Kier alpha value is -0.0800. The van der Waals surface area contributed by atoms with E-state index in [1.54, 1.807) is 0 Å². The first kappa shape index (κ1) is 15.8. The molecule has 0 aromatic carbocycles. The van der Waals surface area contributed by atoms with Gasteiger partial charge in [-0.05, 0) is 87.6 Å². The number of hydrogen-bond acceptors (Lipinski definition) is 2. The maximum Gasteiger partial charge on any atom is 0.0685 e. The van der Waals surface area contributed by atoms with Crippen molar-refractivity contribution in [3.8, 4) is 0 Å². The molecule has 0 aromatic heterocycles. The van der Waals surface area contributed by atoms with Crippen LogP contribution >= 0.6 is 0 Å². The monoisotopic (exact) mass is 293 g/mol. The maximum atomic E-state index is 6.18. The molecule has 2 saturated carbocycles. The lowest BCUT2D eigenvalue weighted by atomic mass is 9.59. The average Bonchev–Trinajstić information content (AvgIpc) is 2.44. The van der Waals surface area contributed by atoms with Crippen molar-refractivity contribution in [1.82, 2.24) is 5.32 Å². The molecule has 2 heteroatoms. The van der Waals surface area contributed by atoms with Crippen molar-refractivity contribution in [3.63, 3.8) is 0 Å². The quantitative estimate of drug-likeness (QED) is 0.830. The van der Waals surface area contributed by atoms with Gasteiger partial charge in [-0.25, -0.2) is 0 Å². The van der Waals surface area contributed by atoms with Crippen molar-refractivity contribution >= 4 is 0 Å². The molecule has 0 bridgehead atoms. The van der Waals surface area contributed by atoms with Crippen LogP contribution in [0.4, 0.5) is 0 Å². The number of ether oxygens (including phenoxy) is 1. The zero-order valence-electron chi connectivity index (χ0n) is 14.4. The molecule has 0 radical (unpaired) electrons. The topological polar surface area (TPSA) is 21.3 Å². The SMILES string of the molecule is CCNCC1CCC(C)(C)CC1C1CCOC2(CCC2)C1. The van der Waals surface area contributed by atoms with Gasteiger partial charge in [-0.1, -0.05) is 20.8 Å². The number of rotatable bonds is 4. The van der Waals surface area contributed by atoms with Crippen LogP contribution in [-0.2, 0) is 4.74 Å². The Morgan fingerprint density at radius 3 is 2.57 bits per heavy atom. The Kier molecular flexibility index (Phi) is 4.66. The summed E-state index contributed by atoms with van der Waals surface area (Å²) in [5.41, 5.74) is 0.867. The molecule has 3 fully saturated rings. The largest absolute Gasteiger partial charge is 0.375 e. The first-order chi connectivity index (χ1) is 10.0. The Labute approximate surface area is 131 Å². The molecule has 21 heavy (non-hydrogen) atoms. The van der Waals surface area contributed by atoms with Crippen molar-refractivity contribution in [2.24, 2.45) is 23.2 Å². The second-order valence-corrected chi connectivity index (χ2v) is 8.78. The summed E-state index contributed by atoms with van der Waals surface area (Å²) in [6.45, 7) is 10.6. The van der Waals surface area contributed by atoms with Crippen molar-refractivity contribution in [1.29, 1.82) is 0 Å². The zero-order chi connectivity index (χ0) is 14.9. The summed E-state index contributed by atoms with van der Waals surface area (Å²) in [5, 5.41) is 3.63. The van der Waals surface area contributed by atoms with Gasteiger partial charge in [0.1, 0.15) is 0 Å². The Bertz CT molecular complexity index is 347. The van der Waals surface area contributed by atoms with Crippen LogP contribution < -0.4 is 5.32 Å². The minimum atomic E-state index is 0.313. The normalized spacial score (nSPS) is 38.1. The summed E-state index contributed by atoms with van der Waals surface area (Å²) in [7, 11) is 0. The van der Waals surface area contributed by atoms with Crippen molar-refractivity contribution in [2.75, 3.05) is 19.7 Å². The highest BCUT2D eigenvalue weighted by atomic mass is 16.5. The van der Waals surface area contributed by atoms with E-state index < -0.39 is 0 Å². The van der Waals surface area contributed by atoms with Crippen LogP contribution in [0.15, 0.2) is 0 Å². The fourth-order valence-corrected chi connectivity index (χ4v) is 5.18. The van der Waals surface area contributed by atoms with Gasteiger partial charge in [0.15, 0.2) is 0 Å². The fourth-order valence-electron chi connectivity index (χ4n) is 5.18. The van der Waals surface area contributed by atoms with Gasteiger partial charge in [-0.2, -0.15) is 0 Å². The molecule has 1 heterocycles. The molecule has 1 N–H and O–H groups in total. The lowest BCUT2D eigenvalue weighted by Gasteiger charge is -2.52. The molecule has 2 aliphatic carbocycles. The third-order valence-electron chi connectivity index (χ3n) is 6.64. The van der Waals surface area contributed by atoms with Crippen LogP contribution in [0.2, 0.25) is 0 Å². The maximum absolute atomic E-state index is 6.18. The molecule has 122 valence electrons. The van der Waals surface area contributed by atoms with E-state index in [0.29, 0.717) is 11.0 Å². The highest BCUT2D eigenvalue weighted by Crippen LogP contribution is 2.52. The molecular weight excluding hydrogens is 258 g/mol. The molecular formula is C19H35NO. The molecule has 3 unspecified atom stereocenters. The van der Waals surface area contributed by atoms with Gasteiger partial charge in [0, 0.05) is 6.61 Å². The van der Waals surface area contributed by atoms with Crippen LogP contribution in [0, 0.1) is 23.2 Å². The van der Waals surface area contributed by atoms with Gasteiger partial charge in [0.2, 0.25) is 0 Å². The second kappa shape index (κ2) is 6.20. The van der Waals surface area contributed by atoms with Crippen LogP contribution in [0.5, 0.6) is 0 Å². The molecule has 0 amide bonds. The van der Waals surface area contributed by atoms with Crippen molar-refractivity contribution in [3.05, 3.63) is 0 Å². The summed E-state index contributed by atoms with van der Waals surface area (Å²) in [5.74, 6) is 2.75. The highest BCUT2D eigenvalue weighted by Gasteiger charge is 2.47. The van der Waals surface area contributed by atoms with Gasteiger partial charge in [0.25, 0.3) is 0 Å². The van der Waals surface area contributed by atoms with Crippen LogP contribution in [0.3, 0.4) is 0 Å². The summed E-state index contributed by atoms with van der Waals surface area (Å²) in [6.07, 6.45) is 11.0. The predicted octanol–water partition coefficient (Wildman–Crippen LogP) is 4.39. The molecule has 0 aromatic rings. The van der Waals surface area contributed by atoms with E-state index in [1.807, 2.05) is 0 Å². The highest BCUT2D eigenvalue weighted by molar-refractivity contribution is 4.98. The van der Waals surface area contributed by atoms with Gasteiger partial charge in [0.05, 0.1) is 5.60 Å². The lowest BCUT2D eigenvalue weighted by molar-refractivity contribution is -0.157. The Balaban J connectivity index is 1.68. The number of nitrogens with one attached hydrogen (secondary N) is 1. The van der Waals surface area contributed by atoms with E-state index in [0.717, 1.165) is 30.9 Å². The van der Waals surface area contributed by atoms with E-state index in [-0.39, 0.29) is 0 Å². The Morgan fingerprint density at radius 2 is 1.90 bits per heavy atom. The van der Waals surface area contributed by atoms with Gasteiger partial charge in [-0.3, -0.25) is 0 Å². The first-order valence-corrected chi connectivity index (χ1v) is 9.38. The Morgan fingerprint density at radius 1 is 1.10 bits per heavy atom. The predicted molar refractivity (Wildman–Crippen MR) is 88.4 cm³/mol. The van der Waals surface area contributed by atoms with Gasteiger partial charge < -0.3 is 10.1 Å². The first-order valence-electron chi connectivity index (χ1n) is 9.38. The van der Waals surface area contributed by atoms with E-state index in [4.69, 9.17) is 4.74 Å². The van der Waals surface area contributed by atoms with Gasteiger partial charge in [-0.15, -0.1) is 0 Å². The third-order valence-corrected chi connectivity index (χ3v) is 6.64. The average molecular weight is 293 g/mol. The minimum Gasteiger partial charge on any atom is -0.375 e. The smallest absolute Gasteiger partial charge is 0.0685 e. The third kappa shape index (κ3) is 3.47. The molecule has 1 aliphatic heterocycles.